The Bertz CT molecular complexity index is 1570. The average Bonchev–Trinajstić information content (AvgIpc) is 3.37. The number of amides is 2. The Hall–Kier alpha value is -4.38. The van der Waals surface area contributed by atoms with Crippen LogP contribution in [0.1, 0.15) is 61.4 Å². The molecule has 43 heavy (non-hydrogen) atoms. The fourth-order valence-corrected chi connectivity index (χ4v) is 6.27. The number of aryl methyl sites for hydroxylation is 1. The minimum atomic E-state index is -0.331. The molecule has 1 atom stereocenters. The molecule has 222 valence electrons. The van der Waals surface area contributed by atoms with Crippen LogP contribution in [-0.4, -0.2) is 56.9 Å². The summed E-state index contributed by atoms with van der Waals surface area (Å²) in [5.41, 5.74) is 4.36. The van der Waals surface area contributed by atoms with Crippen molar-refractivity contribution in [3.8, 4) is 5.69 Å². The Labute approximate surface area is 255 Å². The van der Waals surface area contributed by atoms with Crippen LogP contribution in [0.25, 0.3) is 5.69 Å². The summed E-state index contributed by atoms with van der Waals surface area (Å²) in [6.45, 7) is 5.83. The van der Waals surface area contributed by atoms with Crippen molar-refractivity contribution >= 4 is 47.0 Å². The highest BCUT2D eigenvalue weighted by atomic mass is 35.5. The summed E-state index contributed by atoms with van der Waals surface area (Å²) < 4.78 is 1.78. The first kappa shape index (κ1) is 27.5. The minimum Gasteiger partial charge on any atom is -0.341 e. The molecular weight excluding hydrogens is 564 g/mol. The van der Waals surface area contributed by atoms with Gasteiger partial charge in [-0.15, -0.1) is 0 Å². The molecule has 2 aromatic heterocycles. The molecule has 0 spiro atoms. The largest absolute Gasteiger partial charge is 0.341 e. The van der Waals surface area contributed by atoms with Gasteiger partial charge in [-0.05, 0) is 87.4 Å². The molecule has 2 amide bonds. The number of fused-ring (bicyclic) bond motifs is 1. The summed E-state index contributed by atoms with van der Waals surface area (Å²) in [4.78, 5) is 31.8. The zero-order valence-electron chi connectivity index (χ0n) is 24.2. The molecule has 3 N–H and O–H groups in total. The summed E-state index contributed by atoms with van der Waals surface area (Å²) in [7, 11) is 0. The molecule has 4 aromatic rings. The van der Waals surface area contributed by atoms with E-state index in [1.165, 1.54) is 12.8 Å². The average molecular weight is 599 g/mol. The Morgan fingerprint density at radius 2 is 1.42 bits per heavy atom. The second-order valence-corrected chi connectivity index (χ2v) is 11.8. The molecule has 3 aliphatic rings. The van der Waals surface area contributed by atoms with Crippen molar-refractivity contribution < 1.29 is 4.79 Å². The fraction of sp³-hybridized carbons (Fsp3) is 0.387. The van der Waals surface area contributed by atoms with Gasteiger partial charge in [0.25, 0.3) is 0 Å². The predicted molar refractivity (Wildman–Crippen MR) is 169 cm³/mol. The normalized spacial score (nSPS) is 18.6. The summed E-state index contributed by atoms with van der Waals surface area (Å²) in [5.74, 6) is 2.68. The van der Waals surface area contributed by atoms with E-state index in [0.717, 1.165) is 92.0 Å². The topological polar surface area (TPSA) is 116 Å². The molecule has 2 saturated heterocycles. The van der Waals surface area contributed by atoms with Crippen LogP contribution in [-0.2, 0) is 0 Å². The molecule has 5 heterocycles. The lowest BCUT2D eigenvalue weighted by Gasteiger charge is -2.30. The van der Waals surface area contributed by atoms with Gasteiger partial charge in [-0.3, -0.25) is 5.32 Å². The van der Waals surface area contributed by atoms with Crippen LogP contribution in [0.5, 0.6) is 0 Å². The number of carbonyl (C=O) groups excluding carboxylic acids is 1. The van der Waals surface area contributed by atoms with Crippen molar-refractivity contribution in [3.63, 3.8) is 0 Å². The Balaban J connectivity index is 1.16. The molecule has 7 rings (SSSR count). The maximum absolute atomic E-state index is 12.7. The van der Waals surface area contributed by atoms with Crippen LogP contribution in [0.4, 0.5) is 34.1 Å². The van der Waals surface area contributed by atoms with Gasteiger partial charge in [0.2, 0.25) is 17.8 Å². The van der Waals surface area contributed by atoms with E-state index < -0.39 is 0 Å². The summed E-state index contributed by atoms with van der Waals surface area (Å²) >= 11 is 6.11. The number of halogens is 1. The molecule has 3 aliphatic heterocycles. The van der Waals surface area contributed by atoms with Crippen molar-refractivity contribution in [3.05, 3.63) is 70.4 Å². The van der Waals surface area contributed by atoms with Gasteiger partial charge in [0.1, 0.15) is 5.82 Å². The van der Waals surface area contributed by atoms with Crippen LogP contribution in [0, 0.1) is 6.92 Å². The molecule has 0 bridgehead atoms. The quantitative estimate of drug-likeness (QED) is 0.249. The lowest BCUT2D eigenvalue weighted by molar-refractivity contribution is 0.249. The molecule has 2 aromatic carbocycles. The van der Waals surface area contributed by atoms with Crippen LogP contribution < -0.4 is 25.8 Å². The third-order valence-corrected chi connectivity index (χ3v) is 8.62. The smallest absolute Gasteiger partial charge is 0.321 e. The Morgan fingerprint density at radius 3 is 2.02 bits per heavy atom. The van der Waals surface area contributed by atoms with E-state index in [9.17, 15) is 4.79 Å². The number of carbonyl (C=O) groups is 1. The van der Waals surface area contributed by atoms with Gasteiger partial charge >= 0.3 is 6.03 Å². The number of aromatic nitrogens is 5. The molecule has 2 fully saturated rings. The van der Waals surface area contributed by atoms with Crippen molar-refractivity contribution in [2.45, 2.75) is 51.5 Å². The van der Waals surface area contributed by atoms with E-state index in [1.807, 2.05) is 55.5 Å². The van der Waals surface area contributed by atoms with Gasteiger partial charge in [-0.2, -0.15) is 20.1 Å². The minimum absolute atomic E-state index is 0.282. The summed E-state index contributed by atoms with van der Waals surface area (Å²) in [6, 6.07) is 14.8. The molecule has 0 aliphatic carbocycles. The SMILES string of the molecule is Cc1nn(-c2ccc(Nc3nc(N4CCCCC4)nc(N4CCCCC4)n3)cc2)c2c1C(c1ccc(Cl)cc1)NC(=O)N2. The second kappa shape index (κ2) is 11.7. The standard InChI is InChI=1S/C31H35ClN10O/c1-20-25-26(21-8-10-22(32)11-9-21)34-31(43)35-27(25)42(39-20)24-14-12-23(13-15-24)33-28-36-29(40-16-4-2-5-17-40)38-30(37-28)41-18-6-3-7-19-41/h8-15,26H,2-7,16-19H2,1H3,(H2,34,35,43)(H,33,36,37,38). The van der Waals surface area contributed by atoms with E-state index in [4.69, 9.17) is 31.7 Å². The summed E-state index contributed by atoms with van der Waals surface area (Å²) in [5, 5.41) is 14.8. The number of urea groups is 1. The lowest BCUT2D eigenvalue weighted by Crippen LogP contribution is -2.38. The number of anilines is 5. The van der Waals surface area contributed by atoms with Crippen LogP contribution in [0.3, 0.4) is 0 Å². The van der Waals surface area contributed by atoms with Gasteiger partial charge in [0, 0.05) is 42.5 Å². The highest BCUT2D eigenvalue weighted by Crippen LogP contribution is 2.36. The third-order valence-electron chi connectivity index (χ3n) is 8.36. The second-order valence-electron chi connectivity index (χ2n) is 11.4. The number of piperidine rings is 2. The van der Waals surface area contributed by atoms with Crippen molar-refractivity contribution in [2.24, 2.45) is 0 Å². The zero-order valence-corrected chi connectivity index (χ0v) is 24.9. The van der Waals surface area contributed by atoms with Crippen molar-refractivity contribution in [2.75, 3.05) is 46.6 Å². The van der Waals surface area contributed by atoms with E-state index in [-0.39, 0.29) is 12.1 Å². The van der Waals surface area contributed by atoms with Gasteiger partial charge in [0.05, 0.1) is 17.4 Å². The monoisotopic (exact) mass is 598 g/mol. The van der Waals surface area contributed by atoms with Crippen LogP contribution in [0.2, 0.25) is 5.02 Å². The molecule has 12 heteroatoms. The van der Waals surface area contributed by atoms with Crippen molar-refractivity contribution in [1.82, 2.24) is 30.0 Å². The molecule has 0 saturated carbocycles. The van der Waals surface area contributed by atoms with Gasteiger partial charge < -0.3 is 20.4 Å². The first-order valence-electron chi connectivity index (χ1n) is 15.1. The van der Waals surface area contributed by atoms with Gasteiger partial charge in [-0.25, -0.2) is 9.48 Å². The number of benzene rings is 2. The Kier molecular flexibility index (Phi) is 7.48. The van der Waals surface area contributed by atoms with E-state index in [2.05, 4.69) is 25.8 Å². The molecule has 1 unspecified atom stereocenters. The zero-order chi connectivity index (χ0) is 29.3. The molecular formula is C31H35ClN10O. The first-order valence-corrected chi connectivity index (χ1v) is 15.5. The van der Waals surface area contributed by atoms with Crippen molar-refractivity contribution in [1.29, 1.82) is 0 Å². The lowest BCUT2D eigenvalue weighted by atomic mass is 9.97. The van der Waals surface area contributed by atoms with Crippen LogP contribution in [0.15, 0.2) is 48.5 Å². The fourth-order valence-electron chi connectivity index (χ4n) is 6.14. The highest BCUT2D eigenvalue weighted by Gasteiger charge is 2.32. The van der Waals surface area contributed by atoms with Crippen LogP contribution >= 0.6 is 11.6 Å². The highest BCUT2D eigenvalue weighted by molar-refractivity contribution is 6.30. The number of nitrogens with zero attached hydrogens (tertiary/aromatic N) is 7. The van der Waals surface area contributed by atoms with Gasteiger partial charge in [-0.1, -0.05) is 23.7 Å². The molecule has 0 radical (unpaired) electrons. The maximum atomic E-state index is 12.7. The summed E-state index contributed by atoms with van der Waals surface area (Å²) in [6.07, 6.45) is 7.12. The number of rotatable bonds is 6. The number of nitrogens with one attached hydrogen (secondary N) is 3. The third kappa shape index (κ3) is 5.69. The maximum Gasteiger partial charge on any atom is 0.321 e. The number of hydrogen-bond acceptors (Lipinski definition) is 8. The van der Waals surface area contributed by atoms with E-state index in [0.29, 0.717) is 16.8 Å². The first-order chi connectivity index (χ1) is 21.0. The molecule has 11 nitrogen and oxygen atoms in total. The predicted octanol–water partition coefficient (Wildman–Crippen LogP) is 5.97. The Morgan fingerprint density at radius 1 is 0.814 bits per heavy atom. The van der Waals surface area contributed by atoms with Gasteiger partial charge in [0.15, 0.2) is 0 Å². The van der Waals surface area contributed by atoms with E-state index >= 15 is 0 Å². The number of hydrogen-bond donors (Lipinski definition) is 3. The van der Waals surface area contributed by atoms with E-state index in [1.54, 1.807) is 4.68 Å².